The fourth-order valence-electron chi connectivity index (χ4n) is 2.69. The lowest BCUT2D eigenvalue weighted by molar-refractivity contribution is 0.581. The van der Waals surface area contributed by atoms with Gasteiger partial charge in [0.1, 0.15) is 5.01 Å². The van der Waals surface area contributed by atoms with E-state index >= 15 is 0 Å². The Hall–Kier alpha value is -1.19. The summed E-state index contributed by atoms with van der Waals surface area (Å²) in [5, 5.41) is 6.91. The number of aromatic nitrogens is 1. The molecule has 1 atom stereocenters. The van der Waals surface area contributed by atoms with Crippen molar-refractivity contribution in [1.29, 1.82) is 0 Å². The number of hydrogen-bond acceptors (Lipinski definition) is 3. The van der Waals surface area contributed by atoms with Crippen molar-refractivity contribution in [2.45, 2.75) is 45.2 Å². The first kappa shape index (κ1) is 12.8. The Balaban J connectivity index is 1.77. The SMILES string of the molecule is CC(C)NCc1csc(C2CCc3ccccc32)n1. The molecule has 2 nitrogen and oxygen atoms in total. The van der Waals surface area contributed by atoms with Gasteiger partial charge in [-0.15, -0.1) is 11.3 Å². The minimum atomic E-state index is 0.511. The van der Waals surface area contributed by atoms with Gasteiger partial charge in [-0.05, 0) is 24.0 Å². The molecule has 0 saturated heterocycles. The van der Waals surface area contributed by atoms with E-state index in [1.807, 2.05) is 11.3 Å². The molecule has 1 N–H and O–H groups in total. The minimum Gasteiger partial charge on any atom is -0.309 e. The highest BCUT2D eigenvalue weighted by Crippen LogP contribution is 2.38. The number of aryl methyl sites for hydroxylation is 1. The molecule has 0 fully saturated rings. The van der Waals surface area contributed by atoms with Crippen LogP contribution in [0.4, 0.5) is 0 Å². The molecule has 0 saturated carbocycles. The fraction of sp³-hybridized carbons (Fsp3) is 0.438. The lowest BCUT2D eigenvalue weighted by Crippen LogP contribution is -2.22. The third kappa shape index (κ3) is 2.72. The first-order valence-electron chi connectivity index (χ1n) is 6.99. The van der Waals surface area contributed by atoms with Crippen LogP contribution in [-0.4, -0.2) is 11.0 Å². The molecule has 0 amide bonds. The normalized spacial score (nSPS) is 17.9. The smallest absolute Gasteiger partial charge is 0.100 e. The van der Waals surface area contributed by atoms with E-state index in [0.29, 0.717) is 12.0 Å². The van der Waals surface area contributed by atoms with Crippen molar-refractivity contribution >= 4 is 11.3 Å². The molecular formula is C16H20N2S. The maximum Gasteiger partial charge on any atom is 0.100 e. The van der Waals surface area contributed by atoms with Crippen LogP contribution in [0, 0.1) is 0 Å². The molecule has 0 spiro atoms. The van der Waals surface area contributed by atoms with Gasteiger partial charge in [0.05, 0.1) is 5.69 Å². The zero-order valence-electron chi connectivity index (χ0n) is 11.5. The van der Waals surface area contributed by atoms with E-state index in [9.17, 15) is 0 Å². The molecule has 1 aromatic carbocycles. The Bertz CT molecular complexity index is 559. The average molecular weight is 272 g/mol. The third-order valence-electron chi connectivity index (χ3n) is 3.69. The molecule has 2 aromatic rings. The average Bonchev–Trinajstić information content (AvgIpc) is 3.02. The number of nitrogens with zero attached hydrogens (tertiary/aromatic N) is 1. The van der Waals surface area contributed by atoms with Gasteiger partial charge in [-0.1, -0.05) is 38.1 Å². The summed E-state index contributed by atoms with van der Waals surface area (Å²) in [4.78, 5) is 4.82. The van der Waals surface area contributed by atoms with Crippen molar-refractivity contribution in [3.63, 3.8) is 0 Å². The predicted octanol–water partition coefficient (Wildman–Crippen LogP) is 3.72. The van der Waals surface area contributed by atoms with E-state index in [4.69, 9.17) is 4.98 Å². The van der Waals surface area contributed by atoms with Gasteiger partial charge in [0.2, 0.25) is 0 Å². The van der Waals surface area contributed by atoms with Crippen LogP contribution in [0.1, 0.15) is 48.0 Å². The first-order valence-corrected chi connectivity index (χ1v) is 7.87. The van der Waals surface area contributed by atoms with Crippen LogP contribution >= 0.6 is 11.3 Å². The molecule has 100 valence electrons. The molecule has 1 aromatic heterocycles. The molecule has 0 aliphatic heterocycles. The molecule has 1 aliphatic carbocycles. The second-order valence-corrected chi connectivity index (χ2v) is 6.39. The van der Waals surface area contributed by atoms with Crippen LogP contribution in [0.2, 0.25) is 0 Å². The predicted molar refractivity (Wildman–Crippen MR) is 80.7 cm³/mol. The van der Waals surface area contributed by atoms with E-state index in [-0.39, 0.29) is 0 Å². The van der Waals surface area contributed by atoms with E-state index < -0.39 is 0 Å². The van der Waals surface area contributed by atoms with Gasteiger partial charge in [0.25, 0.3) is 0 Å². The van der Waals surface area contributed by atoms with Crippen LogP contribution in [0.5, 0.6) is 0 Å². The van der Waals surface area contributed by atoms with Crippen LogP contribution in [0.25, 0.3) is 0 Å². The lowest BCUT2D eigenvalue weighted by Gasteiger charge is -2.08. The van der Waals surface area contributed by atoms with Crippen molar-refractivity contribution in [3.8, 4) is 0 Å². The topological polar surface area (TPSA) is 24.9 Å². The van der Waals surface area contributed by atoms with Gasteiger partial charge in [-0.3, -0.25) is 0 Å². The lowest BCUT2D eigenvalue weighted by atomic mass is 10.0. The molecule has 3 rings (SSSR count). The van der Waals surface area contributed by atoms with E-state index in [1.54, 1.807) is 0 Å². The Morgan fingerprint density at radius 2 is 2.21 bits per heavy atom. The molecule has 19 heavy (non-hydrogen) atoms. The number of hydrogen-bond donors (Lipinski definition) is 1. The Morgan fingerprint density at radius 3 is 3.05 bits per heavy atom. The monoisotopic (exact) mass is 272 g/mol. The summed E-state index contributed by atoms with van der Waals surface area (Å²) >= 11 is 1.81. The fourth-order valence-corrected chi connectivity index (χ4v) is 3.66. The van der Waals surface area contributed by atoms with E-state index in [2.05, 4.69) is 48.8 Å². The van der Waals surface area contributed by atoms with Crippen LogP contribution in [-0.2, 0) is 13.0 Å². The highest BCUT2D eigenvalue weighted by Gasteiger charge is 2.25. The van der Waals surface area contributed by atoms with Crippen molar-refractivity contribution in [1.82, 2.24) is 10.3 Å². The summed E-state index contributed by atoms with van der Waals surface area (Å²) in [7, 11) is 0. The second-order valence-electron chi connectivity index (χ2n) is 5.50. The van der Waals surface area contributed by atoms with Gasteiger partial charge >= 0.3 is 0 Å². The third-order valence-corrected chi connectivity index (χ3v) is 4.70. The van der Waals surface area contributed by atoms with Gasteiger partial charge < -0.3 is 5.32 Å². The zero-order chi connectivity index (χ0) is 13.2. The number of benzene rings is 1. The molecule has 1 aliphatic rings. The van der Waals surface area contributed by atoms with Gasteiger partial charge in [0.15, 0.2) is 0 Å². The van der Waals surface area contributed by atoms with Crippen molar-refractivity contribution in [2.75, 3.05) is 0 Å². The first-order chi connectivity index (χ1) is 9.24. The van der Waals surface area contributed by atoms with Gasteiger partial charge in [-0.25, -0.2) is 4.98 Å². The van der Waals surface area contributed by atoms with Crippen LogP contribution in [0.3, 0.4) is 0 Å². The largest absolute Gasteiger partial charge is 0.309 e. The van der Waals surface area contributed by atoms with Crippen molar-refractivity contribution < 1.29 is 0 Å². The van der Waals surface area contributed by atoms with Gasteiger partial charge in [-0.2, -0.15) is 0 Å². The Labute approximate surface area is 118 Å². The summed E-state index contributed by atoms with van der Waals surface area (Å²) in [5.74, 6) is 0.522. The number of rotatable bonds is 4. The number of thiazole rings is 1. The Morgan fingerprint density at radius 1 is 1.37 bits per heavy atom. The highest BCUT2D eigenvalue weighted by molar-refractivity contribution is 7.09. The molecule has 0 radical (unpaired) electrons. The molecule has 1 heterocycles. The standard InChI is InChI=1S/C16H20N2S/c1-11(2)17-9-13-10-19-16(18-13)15-8-7-12-5-3-4-6-14(12)15/h3-6,10-11,15,17H,7-9H2,1-2H3. The summed E-state index contributed by atoms with van der Waals surface area (Å²) in [6, 6.07) is 9.31. The molecule has 3 heteroatoms. The molecular weight excluding hydrogens is 252 g/mol. The van der Waals surface area contributed by atoms with Crippen LogP contribution in [0.15, 0.2) is 29.6 Å². The van der Waals surface area contributed by atoms with E-state index in [1.165, 1.54) is 34.7 Å². The second kappa shape index (κ2) is 5.43. The molecule has 1 unspecified atom stereocenters. The summed E-state index contributed by atoms with van der Waals surface area (Å²) in [5.41, 5.74) is 4.17. The van der Waals surface area contributed by atoms with E-state index in [0.717, 1.165) is 6.54 Å². The zero-order valence-corrected chi connectivity index (χ0v) is 12.3. The number of fused-ring (bicyclic) bond motifs is 1. The summed E-state index contributed by atoms with van der Waals surface area (Å²) in [6.07, 6.45) is 2.41. The minimum absolute atomic E-state index is 0.511. The van der Waals surface area contributed by atoms with Crippen LogP contribution < -0.4 is 5.32 Å². The molecule has 0 bridgehead atoms. The van der Waals surface area contributed by atoms with Crippen molar-refractivity contribution in [3.05, 3.63) is 51.5 Å². The number of nitrogens with one attached hydrogen (secondary N) is 1. The maximum absolute atomic E-state index is 4.82. The quantitative estimate of drug-likeness (QED) is 0.917. The maximum atomic E-state index is 4.82. The summed E-state index contributed by atoms with van der Waals surface area (Å²) in [6.45, 7) is 5.21. The van der Waals surface area contributed by atoms with Crippen molar-refractivity contribution in [2.24, 2.45) is 0 Å². The van der Waals surface area contributed by atoms with Gasteiger partial charge in [0, 0.05) is 23.9 Å². The highest BCUT2D eigenvalue weighted by atomic mass is 32.1. The summed E-state index contributed by atoms with van der Waals surface area (Å²) < 4.78 is 0. The Kier molecular flexibility index (Phi) is 3.67.